The van der Waals surface area contributed by atoms with E-state index in [2.05, 4.69) is 10.0 Å². The minimum atomic E-state index is -3.64. The van der Waals surface area contributed by atoms with Gasteiger partial charge in [-0.05, 0) is 61.1 Å². The molecule has 1 amide bonds. The predicted octanol–water partition coefficient (Wildman–Crippen LogP) is 3.33. The zero-order valence-electron chi connectivity index (χ0n) is 18.0. The molecule has 2 N–H and O–H groups in total. The van der Waals surface area contributed by atoms with E-state index in [9.17, 15) is 13.2 Å². The van der Waals surface area contributed by atoms with Crippen molar-refractivity contribution >= 4 is 15.9 Å². The Bertz CT molecular complexity index is 1090. The summed E-state index contributed by atoms with van der Waals surface area (Å²) < 4.78 is 39.1. The normalized spacial score (nSPS) is 16.8. The lowest BCUT2D eigenvalue weighted by molar-refractivity contribution is 0.0924. The number of aryl methyl sites for hydroxylation is 1. The van der Waals surface area contributed by atoms with Gasteiger partial charge < -0.3 is 14.8 Å². The van der Waals surface area contributed by atoms with Crippen molar-refractivity contribution in [2.24, 2.45) is 5.92 Å². The van der Waals surface area contributed by atoms with Crippen molar-refractivity contribution in [1.29, 1.82) is 0 Å². The minimum absolute atomic E-state index is 0.00380. The van der Waals surface area contributed by atoms with Crippen LogP contribution in [-0.2, 0) is 10.0 Å². The van der Waals surface area contributed by atoms with Gasteiger partial charge in [0.05, 0.1) is 10.9 Å². The summed E-state index contributed by atoms with van der Waals surface area (Å²) in [5, 5.41) is 3.08. The molecular formula is C23H28N2O5S. The SMILES string of the molecule is Cc1ccc(S(=O)(=O)NC2CC2)cc1C(=O)NC(c1ccc2c(c1)OCCO2)C(C)C. The fourth-order valence-electron chi connectivity index (χ4n) is 3.61. The van der Waals surface area contributed by atoms with E-state index >= 15 is 0 Å². The average molecular weight is 445 g/mol. The van der Waals surface area contributed by atoms with Crippen molar-refractivity contribution in [2.75, 3.05) is 13.2 Å². The van der Waals surface area contributed by atoms with E-state index in [1.54, 1.807) is 13.0 Å². The van der Waals surface area contributed by atoms with Crippen molar-refractivity contribution in [3.8, 4) is 11.5 Å². The molecule has 0 spiro atoms. The Morgan fingerprint density at radius 2 is 1.74 bits per heavy atom. The number of rotatable bonds is 7. The van der Waals surface area contributed by atoms with Crippen LogP contribution in [0.15, 0.2) is 41.3 Å². The number of nitrogens with one attached hydrogen (secondary N) is 2. The van der Waals surface area contributed by atoms with Crippen molar-refractivity contribution < 1.29 is 22.7 Å². The summed E-state index contributed by atoms with van der Waals surface area (Å²) in [6, 6.07) is 10.1. The molecule has 1 fully saturated rings. The van der Waals surface area contributed by atoms with E-state index in [4.69, 9.17) is 9.47 Å². The van der Waals surface area contributed by atoms with Crippen LogP contribution in [-0.4, -0.2) is 33.6 Å². The third-order valence-corrected chi connectivity index (χ3v) is 7.06. The molecule has 31 heavy (non-hydrogen) atoms. The molecule has 166 valence electrons. The fraction of sp³-hybridized carbons (Fsp3) is 0.435. The topological polar surface area (TPSA) is 93.7 Å². The predicted molar refractivity (Wildman–Crippen MR) is 117 cm³/mol. The highest BCUT2D eigenvalue weighted by Crippen LogP contribution is 2.34. The maximum Gasteiger partial charge on any atom is 0.252 e. The van der Waals surface area contributed by atoms with Crippen LogP contribution in [0, 0.1) is 12.8 Å². The molecule has 1 aliphatic carbocycles. The molecule has 1 aliphatic heterocycles. The number of amides is 1. The maximum atomic E-state index is 13.2. The van der Waals surface area contributed by atoms with E-state index in [1.807, 2.05) is 32.0 Å². The summed E-state index contributed by atoms with van der Waals surface area (Å²) in [5.74, 6) is 1.16. The standard InChI is InChI=1S/C23H28N2O5S/c1-14(2)22(16-5-9-20-21(12-16)30-11-10-29-20)24-23(26)19-13-18(8-4-15(19)3)31(27,28)25-17-6-7-17/h4-5,8-9,12-14,17,22,25H,6-7,10-11H2,1-3H3,(H,24,26). The van der Waals surface area contributed by atoms with Gasteiger partial charge in [-0.2, -0.15) is 0 Å². The third-order valence-electron chi connectivity index (χ3n) is 5.54. The molecule has 2 aromatic carbocycles. The van der Waals surface area contributed by atoms with Crippen LogP contribution in [0.5, 0.6) is 11.5 Å². The first kappa shape index (κ1) is 21.6. The highest BCUT2D eigenvalue weighted by atomic mass is 32.2. The van der Waals surface area contributed by atoms with Crippen LogP contribution in [0.25, 0.3) is 0 Å². The number of carbonyl (C=O) groups excluding carboxylic acids is 1. The molecule has 2 aromatic rings. The zero-order valence-corrected chi connectivity index (χ0v) is 18.8. The molecule has 1 unspecified atom stereocenters. The molecule has 0 saturated heterocycles. The first-order valence-corrected chi connectivity index (χ1v) is 12.1. The molecule has 0 radical (unpaired) electrons. The second kappa shape index (κ2) is 8.51. The molecule has 2 aliphatic rings. The quantitative estimate of drug-likeness (QED) is 0.683. The Hall–Kier alpha value is -2.58. The van der Waals surface area contributed by atoms with Crippen molar-refractivity contribution in [3.63, 3.8) is 0 Å². The highest BCUT2D eigenvalue weighted by molar-refractivity contribution is 7.89. The van der Waals surface area contributed by atoms with Gasteiger partial charge in [-0.15, -0.1) is 0 Å². The Balaban J connectivity index is 1.59. The van der Waals surface area contributed by atoms with Crippen molar-refractivity contribution in [2.45, 2.75) is 50.6 Å². The Kier molecular flexibility index (Phi) is 5.94. The monoisotopic (exact) mass is 444 g/mol. The maximum absolute atomic E-state index is 13.2. The molecule has 0 aromatic heterocycles. The molecule has 1 heterocycles. The number of hydrogen-bond donors (Lipinski definition) is 2. The Labute approximate surface area is 183 Å². The molecule has 1 atom stereocenters. The third kappa shape index (κ3) is 4.85. The smallest absolute Gasteiger partial charge is 0.252 e. The summed E-state index contributed by atoms with van der Waals surface area (Å²) in [4.78, 5) is 13.3. The molecular weight excluding hydrogens is 416 g/mol. The van der Waals surface area contributed by atoms with E-state index in [0.717, 1.165) is 18.4 Å². The number of fused-ring (bicyclic) bond motifs is 1. The van der Waals surface area contributed by atoms with Crippen LogP contribution >= 0.6 is 0 Å². The Morgan fingerprint density at radius 1 is 1.03 bits per heavy atom. The van der Waals surface area contributed by atoms with Crippen LogP contribution in [0.2, 0.25) is 0 Å². The zero-order chi connectivity index (χ0) is 22.2. The fourth-order valence-corrected chi connectivity index (χ4v) is 4.94. The highest BCUT2D eigenvalue weighted by Gasteiger charge is 2.29. The van der Waals surface area contributed by atoms with Crippen molar-refractivity contribution in [3.05, 3.63) is 53.1 Å². The molecule has 1 saturated carbocycles. The van der Waals surface area contributed by atoms with E-state index < -0.39 is 10.0 Å². The van der Waals surface area contributed by atoms with Gasteiger partial charge in [0, 0.05) is 11.6 Å². The van der Waals surface area contributed by atoms with Crippen LogP contribution in [0.1, 0.15) is 54.2 Å². The first-order valence-electron chi connectivity index (χ1n) is 10.6. The van der Waals surface area contributed by atoms with E-state index in [-0.39, 0.29) is 28.8 Å². The van der Waals surface area contributed by atoms with E-state index in [1.165, 1.54) is 12.1 Å². The molecule has 7 nitrogen and oxygen atoms in total. The second-order valence-corrected chi connectivity index (χ2v) is 10.2. The number of ether oxygens (including phenoxy) is 2. The summed E-state index contributed by atoms with van der Waals surface area (Å²) in [7, 11) is -3.64. The number of benzene rings is 2. The van der Waals surface area contributed by atoms with Gasteiger partial charge in [-0.3, -0.25) is 4.79 Å². The number of hydrogen-bond acceptors (Lipinski definition) is 5. The largest absolute Gasteiger partial charge is 0.486 e. The van der Waals surface area contributed by atoms with Gasteiger partial charge in [-0.1, -0.05) is 26.0 Å². The van der Waals surface area contributed by atoms with Crippen LogP contribution in [0.3, 0.4) is 0 Å². The van der Waals surface area contributed by atoms with Gasteiger partial charge in [-0.25, -0.2) is 13.1 Å². The minimum Gasteiger partial charge on any atom is -0.486 e. The van der Waals surface area contributed by atoms with Crippen molar-refractivity contribution in [1.82, 2.24) is 10.0 Å². The first-order chi connectivity index (χ1) is 14.7. The molecule has 4 rings (SSSR count). The summed E-state index contributed by atoms with van der Waals surface area (Å²) in [6.07, 6.45) is 1.70. The van der Waals surface area contributed by atoms with Crippen LogP contribution < -0.4 is 19.5 Å². The summed E-state index contributed by atoms with van der Waals surface area (Å²) in [5.41, 5.74) is 1.97. The van der Waals surface area contributed by atoms with Gasteiger partial charge in [0.25, 0.3) is 5.91 Å². The van der Waals surface area contributed by atoms with Gasteiger partial charge >= 0.3 is 0 Å². The molecule has 0 bridgehead atoms. The number of sulfonamides is 1. The lowest BCUT2D eigenvalue weighted by Gasteiger charge is -2.26. The average Bonchev–Trinajstić information content (AvgIpc) is 3.54. The lowest BCUT2D eigenvalue weighted by Crippen LogP contribution is -2.33. The lowest BCUT2D eigenvalue weighted by atomic mass is 9.95. The van der Waals surface area contributed by atoms with E-state index in [0.29, 0.717) is 35.8 Å². The Morgan fingerprint density at radius 3 is 2.42 bits per heavy atom. The second-order valence-electron chi connectivity index (χ2n) is 8.47. The summed E-state index contributed by atoms with van der Waals surface area (Å²) >= 11 is 0. The number of carbonyl (C=O) groups is 1. The van der Waals surface area contributed by atoms with Gasteiger partial charge in [0.1, 0.15) is 13.2 Å². The van der Waals surface area contributed by atoms with Crippen LogP contribution in [0.4, 0.5) is 0 Å². The summed E-state index contributed by atoms with van der Waals surface area (Å²) in [6.45, 7) is 6.85. The van der Waals surface area contributed by atoms with Gasteiger partial charge in [0.2, 0.25) is 10.0 Å². The van der Waals surface area contributed by atoms with Gasteiger partial charge in [0.15, 0.2) is 11.5 Å². The molecule has 8 heteroatoms.